The van der Waals surface area contributed by atoms with E-state index in [1.54, 1.807) is 0 Å². The number of hydrogen-bond acceptors (Lipinski definition) is 4. The Kier molecular flexibility index (Phi) is 4.38. The second kappa shape index (κ2) is 5.76. The zero-order chi connectivity index (χ0) is 15.8. The van der Waals surface area contributed by atoms with E-state index in [4.69, 9.17) is 5.11 Å². The fraction of sp³-hybridized carbons (Fsp3) is 0.692. The maximum atomic E-state index is 12.5. The van der Waals surface area contributed by atoms with Crippen LogP contribution in [0.25, 0.3) is 0 Å². The number of carboxylic acid groups (broad SMARTS) is 1. The second-order valence-electron chi connectivity index (χ2n) is 5.92. The lowest BCUT2D eigenvalue weighted by atomic mass is 9.79. The predicted molar refractivity (Wildman–Crippen MR) is 76.6 cm³/mol. The Morgan fingerprint density at radius 2 is 2.00 bits per heavy atom. The SMILES string of the molecule is Cc1[nH]nc(C(=O)O)c1S(=O)(=O)NC1CCC(C)C(C)C1. The van der Waals surface area contributed by atoms with Gasteiger partial charge < -0.3 is 5.11 Å². The Balaban J connectivity index is 2.23. The molecule has 0 bridgehead atoms. The van der Waals surface area contributed by atoms with Gasteiger partial charge in [0.15, 0.2) is 5.69 Å². The van der Waals surface area contributed by atoms with Crippen molar-refractivity contribution in [1.82, 2.24) is 14.9 Å². The van der Waals surface area contributed by atoms with Crippen LogP contribution in [0.1, 0.15) is 49.3 Å². The van der Waals surface area contributed by atoms with Gasteiger partial charge in [-0.15, -0.1) is 0 Å². The number of aryl methyl sites for hydroxylation is 1. The van der Waals surface area contributed by atoms with E-state index in [2.05, 4.69) is 28.8 Å². The average Bonchev–Trinajstić information content (AvgIpc) is 2.76. The molecule has 3 N–H and O–H groups in total. The van der Waals surface area contributed by atoms with Crippen molar-refractivity contribution >= 4 is 16.0 Å². The van der Waals surface area contributed by atoms with Crippen molar-refractivity contribution < 1.29 is 18.3 Å². The Morgan fingerprint density at radius 1 is 1.33 bits per heavy atom. The number of rotatable bonds is 4. The summed E-state index contributed by atoms with van der Waals surface area (Å²) >= 11 is 0. The third-order valence-corrected chi connectivity index (χ3v) is 5.96. The number of aromatic carboxylic acids is 1. The monoisotopic (exact) mass is 315 g/mol. The molecule has 1 saturated carbocycles. The first-order valence-corrected chi connectivity index (χ1v) is 8.51. The van der Waals surface area contributed by atoms with Crippen molar-refractivity contribution in [3.05, 3.63) is 11.4 Å². The fourth-order valence-corrected chi connectivity index (χ4v) is 4.43. The number of sulfonamides is 1. The van der Waals surface area contributed by atoms with Gasteiger partial charge in [-0.3, -0.25) is 5.10 Å². The van der Waals surface area contributed by atoms with E-state index in [1.807, 2.05) is 0 Å². The molecule has 1 fully saturated rings. The van der Waals surface area contributed by atoms with Crippen molar-refractivity contribution in [2.24, 2.45) is 11.8 Å². The van der Waals surface area contributed by atoms with E-state index >= 15 is 0 Å². The Bertz CT molecular complexity index is 638. The van der Waals surface area contributed by atoms with Crippen molar-refractivity contribution in [2.45, 2.75) is 51.0 Å². The Morgan fingerprint density at radius 3 is 2.57 bits per heavy atom. The molecule has 1 aromatic heterocycles. The molecule has 7 nitrogen and oxygen atoms in total. The molecule has 118 valence electrons. The van der Waals surface area contributed by atoms with Gasteiger partial charge in [-0.1, -0.05) is 13.8 Å². The lowest BCUT2D eigenvalue weighted by Gasteiger charge is -2.32. The molecule has 3 atom stereocenters. The van der Waals surface area contributed by atoms with Crippen LogP contribution in [0.2, 0.25) is 0 Å². The number of carbonyl (C=O) groups is 1. The maximum absolute atomic E-state index is 12.5. The highest BCUT2D eigenvalue weighted by molar-refractivity contribution is 7.89. The summed E-state index contributed by atoms with van der Waals surface area (Å²) in [7, 11) is -3.89. The normalized spacial score (nSPS) is 26.7. The number of aromatic amines is 1. The van der Waals surface area contributed by atoms with Crippen molar-refractivity contribution in [3.8, 4) is 0 Å². The van der Waals surface area contributed by atoms with Gasteiger partial charge >= 0.3 is 5.97 Å². The minimum Gasteiger partial charge on any atom is -0.476 e. The fourth-order valence-electron chi connectivity index (χ4n) is 2.83. The van der Waals surface area contributed by atoms with E-state index in [9.17, 15) is 13.2 Å². The van der Waals surface area contributed by atoms with Gasteiger partial charge in [-0.25, -0.2) is 17.9 Å². The molecular formula is C13H21N3O4S. The van der Waals surface area contributed by atoms with Crippen LogP contribution in [-0.2, 0) is 10.0 Å². The third kappa shape index (κ3) is 3.26. The number of nitrogens with zero attached hydrogens (tertiary/aromatic N) is 1. The van der Waals surface area contributed by atoms with Crippen LogP contribution in [0.3, 0.4) is 0 Å². The van der Waals surface area contributed by atoms with Gasteiger partial charge in [0.1, 0.15) is 4.90 Å². The van der Waals surface area contributed by atoms with E-state index in [1.165, 1.54) is 6.92 Å². The largest absolute Gasteiger partial charge is 0.476 e. The highest BCUT2D eigenvalue weighted by Crippen LogP contribution is 2.30. The van der Waals surface area contributed by atoms with Crippen LogP contribution in [0.5, 0.6) is 0 Å². The standard InChI is InChI=1S/C13H21N3O4S/c1-7-4-5-10(6-8(7)2)16-21(19,20)12-9(3)14-15-11(12)13(17)18/h7-8,10,16H,4-6H2,1-3H3,(H,14,15)(H,17,18). The molecule has 0 aliphatic heterocycles. The summed E-state index contributed by atoms with van der Waals surface area (Å²) in [5.41, 5.74) is -0.227. The maximum Gasteiger partial charge on any atom is 0.357 e. The highest BCUT2D eigenvalue weighted by Gasteiger charge is 2.32. The molecule has 0 saturated heterocycles. The van der Waals surface area contributed by atoms with Gasteiger partial charge in [0.05, 0.1) is 5.69 Å². The molecule has 1 heterocycles. The lowest BCUT2D eigenvalue weighted by molar-refractivity contribution is 0.0686. The van der Waals surface area contributed by atoms with Crippen LogP contribution in [-0.4, -0.2) is 35.7 Å². The van der Waals surface area contributed by atoms with Crippen LogP contribution in [0, 0.1) is 18.8 Å². The molecule has 0 spiro atoms. The molecule has 0 radical (unpaired) electrons. The number of H-pyrrole nitrogens is 1. The topological polar surface area (TPSA) is 112 Å². The zero-order valence-corrected chi connectivity index (χ0v) is 13.2. The molecule has 2 rings (SSSR count). The molecular weight excluding hydrogens is 294 g/mol. The van der Waals surface area contributed by atoms with E-state index < -0.39 is 21.7 Å². The molecule has 1 aromatic rings. The zero-order valence-electron chi connectivity index (χ0n) is 12.4. The summed E-state index contributed by atoms with van der Waals surface area (Å²) in [6.45, 7) is 5.77. The molecule has 3 unspecified atom stereocenters. The number of carboxylic acids is 1. The summed E-state index contributed by atoms with van der Waals surface area (Å²) in [5, 5.41) is 15.0. The quantitative estimate of drug-likeness (QED) is 0.780. The van der Waals surface area contributed by atoms with Crippen LogP contribution in [0.15, 0.2) is 4.90 Å². The van der Waals surface area contributed by atoms with Crippen LogP contribution in [0.4, 0.5) is 0 Å². The number of aromatic nitrogens is 2. The summed E-state index contributed by atoms with van der Waals surface area (Å²) in [4.78, 5) is 10.8. The van der Waals surface area contributed by atoms with E-state index in [0.717, 1.165) is 19.3 Å². The van der Waals surface area contributed by atoms with Crippen LogP contribution < -0.4 is 4.72 Å². The molecule has 0 aromatic carbocycles. The minimum absolute atomic E-state index is 0.155. The van der Waals surface area contributed by atoms with Gasteiger partial charge in [-0.05, 0) is 38.0 Å². The minimum atomic E-state index is -3.89. The smallest absolute Gasteiger partial charge is 0.357 e. The number of hydrogen-bond donors (Lipinski definition) is 3. The Labute approximate surface area is 124 Å². The summed E-state index contributed by atoms with van der Waals surface area (Å²) in [6, 6.07) is -0.155. The van der Waals surface area contributed by atoms with Gasteiger partial charge in [0.25, 0.3) is 0 Å². The van der Waals surface area contributed by atoms with Crippen molar-refractivity contribution in [3.63, 3.8) is 0 Å². The average molecular weight is 315 g/mol. The first kappa shape index (κ1) is 16.0. The molecule has 1 aliphatic carbocycles. The molecule has 8 heteroatoms. The lowest BCUT2D eigenvalue weighted by Crippen LogP contribution is -2.40. The molecule has 0 amide bonds. The van der Waals surface area contributed by atoms with E-state index in [0.29, 0.717) is 11.8 Å². The van der Waals surface area contributed by atoms with E-state index in [-0.39, 0.29) is 16.6 Å². The highest BCUT2D eigenvalue weighted by atomic mass is 32.2. The summed E-state index contributed by atoms with van der Waals surface area (Å²) < 4.78 is 27.6. The van der Waals surface area contributed by atoms with Crippen molar-refractivity contribution in [1.29, 1.82) is 0 Å². The summed E-state index contributed by atoms with van der Waals surface area (Å²) in [5.74, 6) is -0.336. The molecule has 1 aliphatic rings. The van der Waals surface area contributed by atoms with Gasteiger partial charge in [0, 0.05) is 6.04 Å². The molecule has 21 heavy (non-hydrogen) atoms. The summed E-state index contributed by atoms with van der Waals surface area (Å²) in [6.07, 6.45) is 2.49. The number of nitrogens with one attached hydrogen (secondary N) is 2. The van der Waals surface area contributed by atoms with Crippen molar-refractivity contribution in [2.75, 3.05) is 0 Å². The predicted octanol–water partition coefficient (Wildman–Crippen LogP) is 1.52. The third-order valence-electron chi connectivity index (χ3n) is 4.28. The first-order valence-electron chi connectivity index (χ1n) is 7.03. The second-order valence-corrected chi connectivity index (χ2v) is 7.57. The van der Waals surface area contributed by atoms with Crippen LogP contribution >= 0.6 is 0 Å². The van der Waals surface area contributed by atoms with Gasteiger partial charge in [0.2, 0.25) is 10.0 Å². The first-order chi connectivity index (χ1) is 9.72. The van der Waals surface area contributed by atoms with Gasteiger partial charge in [-0.2, -0.15) is 5.10 Å². The Hall–Kier alpha value is -1.41.